The van der Waals surface area contributed by atoms with Gasteiger partial charge in [-0.25, -0.2) is 0 Å². The summed E-state index contributed by atoms with van der Waals surface area (Å²) in [4.78, 5) is 23.1. The fraction of sp³-hybridized carbons (Fsp3) is 0.333. The van der Waals surface area contributed by atoms with Crippen molar-refractivity contribution < 1.29 is 9.59 Å². The zero-order valence-corrected chi connectivity index (χ0v) is 11.0. The predicted octanol–water partition coefficient (Wildman–Crippen LogP) is 0.606. The number of anilines is 1. The van der Waals surface area contributed by atoms with Crippen molar-refractivity contribution in [3.05, 3.63) is 29.8 Å². The van der Waals surface area contributed by atoms with E-state index in [0.29, 0.717) is 17.7 Å². The van der Waals surface area contributed by atoms with Crippen molar-refractivity contribution in [3.63, 3.8) is 0 Å². The molecule has 0 bridgehead atoms. The van der Waals surface area contributed by atoms with Crippen LogP contribution in [0.4, 0.5) is 5.69 Å². The quantitative estimate of drug-likeness (QED) is 0.657. The Morgan fingerprint density at radius 3 is 2.44 bits per heavy atom. The molecule has 1 aromatic rings. The molecule has 0 aliphatic carbocycles. The van der Waals surface area contributed by atoms with E-state index < -0.39 is 11.9 Å². The van der Waals surface area contributed by atoms with Gasteiger partial charge in [-0.15, -0.1) is 0 Å². The molecule has 1 unspecified atom stereocenters. The summed E-state index contributed by atoms with van der Waals surface area (Å²) in [5.74, 6) is -0.0805. The molecule has 1 rings (SSSR count). The zero-order chi connectivity index (χ0) is 13.5. The van der Waals surface area contributed by atoms with Crippen LogP contribution in [0.15, 0.2) is 24.3 Å². The summed E-state index contributed by atoms with van der Waals surface area (Å²) in [5, 5.41) is 2.62. The number of benzene rings is 1. The maximum Gasteiger partial charge on any atom is 0.251 e. The highest BCUT2D eigenvalue weighted by Crippen LogP contribution is 2.07. The van der Waals surface area contributed by atoms with E-state index in [-0.39, 0.29) is 5.91 Å². The Hall–Kier alpha value is -1.69. The van der Waals surface area contributed by atoms with Gasteiger partial charge in [-0.05, 0) is 42.7 Å². The Morgan fingerprint density at radius 2 is 1.94 bits per heavy atom. The van der Waals surface area contributed by atoms with Crippen LogP contribution in [0.5, 0.6) is 0 Å². The lowest BCUT2D eigenvalue weighted by molar-refractivity contribution is -0.119. The summed E-state index contributed by atoms with van der Waals surface area (Å²) in [6.07, 6.45) is 2.46. The van der Waals surface area contributed by atoms with Crippen molar-refractivity contribution in [1.29, 1.82) is 0 Å². The Balaban J connectivity index is 2.66. The van der Waals surface area contributed by atoms with E-state index in [1.807, 2.05) is 6.26 Å². The summed E-state index contributed by atoms with van der Waals surface area (Å²) >= 11 is 1.60. The number of nitrogens with two attached hydrogens (primary N) is 2. The van der Waals surface area contributed by atoms with Crippen molar-refractivity contribution in [1.82, 2.24) is 5.32 Å². The smallest absolute Gasteiger partial charge is 0.251 e. The SMILES string of the molecule is CSCCC(NC(=O)c1ccc(N)cc1)C(N)=O. The van der Waals surface area contributed by atoms with Gasteiger partial charge in [-0.2, -0.15) is 11.8 Å². The van der Waals surface area contributed by atoms with Gasteiger partial charge in [-0.1, -0.05) is 0 Å². The first kappa shape index (κ1) is 14.4. The molecule has 1 aromatic carbocycles. The number of carbonyl (C=O) groups excluding carboxylic acids is 2. The summed E-state index contributed by atoms with van der Waals surface area (Å²) in [6, 6.07) is 5.85. The number of nitrogen functional groups attached to an aromatic ring is 1. The average Bonchev–Trinajstić information content (AvgIpc) is 2.34. The second-order valence-corrected chi connectivity index (χ2v) is 4.82. The maximum atomic E-state index is 11.9. The molecule has 0 fully saturated rings. The van der Waals surface area contributed by atoms with E-state index in [2.05, 4.69) is 5.32 Å². The molecule has 0 saturated carbocycles. The fourth-order valence-corrected chi connectivity index (χ4v) is 1.87. The lowest BCUT2D eigenvalue weighted by Gasteiger charge is -2.14. The highest BCUT2D eigenvalue weighted by Gasteiger charge is 2.18. The van der Waals surface area contributed by atoms with Crippen LogP contribution in [0.25, 0.3) is 0 Å². The number of thioether (sulfide) groups is 1. The van der Waals surface area contributed by atoms with Gasteiger partial charge < -0.3 is 16.8 Å². The molecule has 6 heteroatoms. The van der Waals surface area contributed by atoms with Crippen LogP contribution >= 0.6 is 11.8 Å². The number of amides is 2. The van der Waals surface area contributed by atoms with Gasteiger partial charge in [0.2, 0.25) is 5.91 Å². The minimum absolute atomic E-state index is 0.320. The predicted molar refractivity (Wildman–Crippen MR) is 74.3 cm³/mol. The van der Waals surface area contributed by atoms with Gasteiger partial charge in [0, 0.05) is 11.3 Å². The van der Waals surface area contributed by atoms with Crippen molar-refractivity contribution in [3.8, 4) is 0 Å². The third-order valence-electron chi connectivity index (χ3n) is 2.43. The molecule has 0 aliphatic heterocycles. The van der Waals surface area contributed by atoms with E-state index in [0.717, 1.165) is 5.75 Å². The highest BCUT2D eigenvalue weighted by molar-refractivity contribution is 7.98. The first-order valence-corrected chi connectivity index (χ1v) is 6.88. The van der Waals surface area contributed by atoms with Crippen molar-refractivity contribution in [2.75, 3.05) is 17.7 Å². The van der Waals surface area contributed by atoms with E-state index in [4.69, 9.17) is 11.5 Å². The second kappa shape index (κ2) is 6.90. The van der Waals surface area contributed by atoms with Crippen LogP contribution in [0, 0.1) is 0 Å². The minimum Gasteiger partial charge on any atom is -0.399 e. The summed E-state index contributed by atoms with van der Waals surface area (Å²) in [7, 11) is 0. The Labute approximate surface area is 110 Å². The first-order valence-electron chi connectivity index (χ1n) is 5.49. The van der Waals surface area contributed by atoms with E-state index in [1.165, 1.54) is 0 Å². The highest BCUT2D eigenvalue weighted by atomic mass is 32.2. The van der Waals surface area contributed by atoms with E-state index in [9.17, 15) is 9.59 Å². The lowest BCUT2D eigenvalue weighted by Crippen LogP contribution is -2.44. The molecule has 2 amide bonds. The molecule has 0 saturated heterocycles. The maximum absolute atomic E-state index is 11.9. The van der Waals surface area contributed by atoms with Crippen LogP contribution in [-0.4, -0.2) is 29.9 Å². The molecule has 0 aliphatic rings. The number of rotatable bonds is 6. The molecular weight excluding hydrogens is 250 g/mol. The lowest BCUT2D eigenvalue weighted by atomic mass is 10.1. The average molecular weight is 267 g/mol. The fourth-order valence-electron chi connectivity index (χ4n) is 1.40. The van der Waals surface area contributed by atoms with Gasteiger partial charge in [0.1, 0.15) is 6.04 Å². The molecule has 18 heavy (non-hydrogen) atoms. The molecule has 0 heterocycles. The van der Waals surface area contributed by atoms with E-state index >= 15 is 0 Å². The second-order valence-electron chi connectivity index (χ2n) is 3.83. The number of hydrogen-bond acceptors (Lipinski definition) is 4. The number of nitrogens with one attached hydrogen (secondary N) is 1. The van der Waals surface area contributed by atoms with Crippen molar-refractivity contribution in [2.45, 2.75) is 12.5 Å². The van der Waals surface area contributed by atoms with Crippen LogP contribution < -0.4 is 16.8 Å². The standard InChI is InChI=1S/C12H17N3O2S/c1-18-7-6-10(11(14)16)15-12(17)8-2-4-9(13)5-3-8/h2-5,10H,6-7,13H2,1H3,(H2,14,16)(H,15,17). The normalized spacial score (nSPS) is 11.8. The molecule has 5 nitrogen and oxygen atoms in total. The zero-order valence-electron chi connectivity index (χ0n) is 10.2. The molecule has 98 valence electrons. The Morgan fingerprint density at radius 1 is 1.33 bits per heavy atom. The van der Waals surface area contributed by atoms with Crippen LogP contribution in [-0.2, 0) is 4.79 Å². The molecule has 0 spiro atoms. The van der Waals surface area contributed by atoms with Gasteiger partial charge >= 0.3 is 0 Å². The summed E-state index contributed by atoms with van der Waals surface area (Å²) < 4.78 is 0. The van der Waals surface area contributed by atoms with Gasteiger partial charge in [0.15, 0.2) is 0 Å². The number of carbonyl (C=O) groups is 2. The summed E-state index contributed by atoms with van der Waals surface area (Å²) in [6.45, 7) is 0. The number of primary amides is 1. The largest absolute Gasteiger partial charge is 0.399 e. The third-order valence-corrected chi connectivity index (χ3v) is 3.08. The number of hydrogen-bond donors (Lipinski definition) is 3. The van der Waals surface area contributed by atoms with Crippen LogP contribution in [0.3, 0.4) is 0 Å². The molecular formula is C12H17N3O2S. The molecule has 1 atom stereocenters. The Bertz CT molecular complexity index is 420. The monoisotopic (exact) mass is 267 g/mol. The van der Waals surface area contributed by atoms with Gasteiger partial charge in [0.05, 0.1) is 0 Å². The minimum atomic E-state index is -0.637. The topological polar surface area (TPSA) is 98.2 Å². The van der Waals surface area contributed by atoms with Crippen LogP contribution in [0.2, 0.25) is 0 Å². The van der Waals surface area contributed by atoms with Crippen molar-refractivity contribution >= 4 is 29.3 Å². The van der Waals surface area contributed by atoms with E-state index in [1.54, 1.807) is 36.0 Å². The molecule has 0 aromatic heterocycles. The van der Waals surface area contributed by atoms with Gasteiger partial charge in [-0.3, -0.25) is 9.59 Å². The van der Waals surface area contributed by atoms with Crippen molar-refractivity contribution in [2.24, 2.45) is 5.73 Å². The molecule has 5 N–H and O–H groups in total. The first-order chi connectivity index (χ1) is 8.54. The third kappa shape index (κ3) is 4.29. The Kier molecular flexibility index (Phi) is 5.51. The molecule has 0 radical (unpaired) electrons. The summed E-state index contributed by atoms with van der Waals surface area (Å²) in [5.41, 5.74) is 11.8. The van der Waals surface area contributed by atoms with Crippen LogP contribution in [0.1, 0.15) is 16.8 Å². The van der Waals surface area contributed by atoms with Gasteiger partial charge in [0.25, 0.3) is 5.91 Å².